The lowest BCUT2D eigenvalue weighted by Crippen LogP contribution is -2.39. The Morgan fingerprint density at radius 3 is 2.62 bits per heavy atom. The largest absolute Gasteiger partial charge is 0.330 e. The zero-order valence-corrected chi connectivity index (χ0v) is 10.6. The Hall–Kier alpha value is -1.01. The lowest BCUT2D eigenvalue weighted by atomic mass is 10.4. The molecule has 1 rings (SSSR count). The van der Waals surface area contributed by atoms with Crippen LogP contribution in [0.3, 0.4) is 0 Å². The minimum Gasteiger partial charge on any atom is -0.310 e. The van der Waals surface area contributed by atoms with Crippen molar-refractivity contribution in [3.63, 3.8) is 0 Å². The molecule has 1 N–H and O–H groups in total. The Balaban J connectivity index is 2.82. The lowest BCUT2D eigenvalue weighted by Gasteiger charge is -2.09. The van der Waals surface area contributed by atoms with Crippen LogP contribution in [0.4, 0.5) is 0 Å². The number of nitrogens with zero attached hydrogens (tertiary/aromatic N) is 2. The second kappa shape index (κ2) is 5.91. The molecule has 0 aliphatic heterocycles. The standard InChI is InChI=1S/C10H17N3O2S/c1-12-8(7-11-4-5-16-3)6-9(14)13(2)10(12)15/h6,11H,4-5,7H2,1-3H3. The average Bonchev–Trinajstić information content (AvgIpc) is 2.28. The van der Waals surface area contributed by atoms with Crippen molar-refractivity contribution in [2.24, 2.45) is 14.1 Å². The summed E-state index contributed by atoms with van der Waals surface area (Å²) in [6, 6.07) is 1.49. The number of hydrogen-bond donors (Lipinski definition) is 1. The summed E-state index contributed by atoms with van der Waals surface area (Å²) in [5.41, 5.74) is 0.174. The summed E-state index contributed by atoms with van der Waals surface area (Å²) in [7, 11) is 3.16. The van der Waals surface area contributed by atoms with Gasteiger partial charge >= 0.3 is 5.69 Å². The minimum atomic E-state index is -0.283. The second-order valence-electron chi connectivity index (χ2n) is 3.54. The van der Waals surface area contributed by atoms with E-state index >= 15 is 0 Å². The highest BCUT2D eigenvalue weighted by atomic mass is 32.2. The van der Waals surface area contributed by atoms with Crippen molar-refractivity contribution < 1.29 is 0 Å². The Bertz CT molecular complexity index is 464. The Morgan fingerprint density at radius 2 is 2.00 bits per heavy atom. The summed E-state index contributed by atoms with van der Waals surface area (Å²) < 4.78 is 2.60. The maximum Gasteiger partial charge on any atom is 0.330 e. The monoisotopic (exact) mass is 243 g/mol. The van der Waals surface area contributed by atoms with Gasteiger partial charge in [-0.2, -0.15) is 11.8 Å². The van der Waals surface area contributed by atoms with Crippen molar-refractivity contribution >= 4 is 11.8 Å². The van der Waals surface area contributed by atoms with Crippen LogP contribution in [0.1, 0.15) is 5.69 Å². The molecule has 0 saturated carbocycles. The minimum absolute atomic E-state index is 0.259. The molecule has 0 aliphatic rings. The first kappa shape index (κ1) is 13.1. The molecule has 0 unspecified atom stereocenters. The van der Waals surface area contributed by atoms with E-state index in [1.165, 1.54) is 17.7 Å². The number of hydrogen-bond acceptors (Lipinski definition) is 4. The zero-order valence-electron chi connectivity index (χ0n) is 9.82. The molecular weight excluding hydrogens is 226 g/mol. The molecule has 6 heteroatoms. The fourth-order valence-corrected chi connectivity index (χ4v) is 1.69. The van der Waals surface area contributed by atoms with Gasteiger partial charge in [0, 0.05) is 44.7 Å². The van der Waals surface area contributed by atoms with Crippen molar-refractivity contribution in [1.82, 2.24) is 14.5 Å². The van der Waals surface area contributed by atoms with Gasteiger partial charge in [0.05, 0.1) is 0 Å². The van der Waals surface area contributed by atoms with E-state index in [-0.39, 0.29) is 11.2 Å². The molecule has 0 atom stereocenters. The quantitative estimate of drug-likeness (QED) is 0.711. The van der Waals surface area contributed by atoms with Crippen LogP contribution in [0, 0.1) is 0 Å². The SMILES string of the molecule is CSCCNCc1cc(=O)n(C)c(=O)n1C. The summed E-state index contributed by atoms with van der Waals surface area (Å²) in [6.07, 6.45) is 2.04. The number of nitrogens with one attached hydrogen (secondary N) is 1. The molecule has 0 bridgehead atoms. The van der Waals surface area contributed by atoms with Crippen LogP contribution in [0.5, 0.6) is 0 Å². The highest BCUT2D eigenvalue weighted by Crippen LogP contribution is 1.91. The first-order chi connectivity index (χ1) is 7.57. The van der Waals surface area contributed by atoms with E-state index in [2.05, 4.69) is 5.32 Å². The number of rotatable bonds is 5. The van der Waals surface area contributed by atoms with E-state index in [1.54, 1.807) is 18.8 Å². The predicted molar refractivity (Wildman–Crippen MR) is 67.0 cm³/mol. The summed E-state index contributed by atoms with van der Waals surface area (Å²) in [4.78, 5) is 23.0. The zero-order chi connectivity index (χ0) is 12.1. The first-order valence-electron chi connectivity index (χ1n) is 5.03. The Morgan fingerprint density at radius 1 is 1.31 bits per heavy atom. The van der Waals surface area contributed by atoms with Gasteiger partial charge in [-0.3, -0.25) is 13.9 Å². The van der Waals surface area contributed by atoms with Crippen LogP contribution in [-0.4, -0.2) is 27.7 Å². The fraction of sp³-hybridized carbons (Fsp3) is 0.600. The summed E-state index contributed by atoms with van der Waals surface area (Å²) >= 11 is 1.75. The maximum atomic E-state index is 11.6. The molecule has 90 valence electrons. The van der Waals surface area contributed by atoms with Crippen molar-refractivity contribution in [2.45, 2.75) is 6.54 Å². The molecule has 0 aromatic carbocycles. The third kappa shape index (κ3) is 2.99. The van der Waals surface area contributed by atoms with Gasteiger partial charge in [-0.05, 0) is 6.26 Å². The van der Waals surface area contributed by atoms with Gasteiger partial charge in [0.1, 0.15) is 0 Å². The first-order valence-corrected chi connectivity index (χ1v) is 6.43. The Kier molecular flexibility index (Phi) is 4.82. The van der Waals surface area contributed by atoms with Crippen LogP contribution in [0.2, 0.25) is 0 Å². The van der Waals surface area contributed by atoms with Gasteiger partial charge in [0.15, 0.2) is 0 Å². The van der Waals surface area contributed by atoms with Gasteiger partial charge in [-0.1, -0.05) is 0 Å². The molecule has 1 aromatic heterocycles. The van der Waals surface area contributed by atoms with Gasteiger partial charge < -0.3 is 5.32 Å². The molecule has 5 nitrogen and oxygen atoms in total. The predicted octanol–water partition coefficient (Wildman–Crippen LogP) is -0.463. The van der Waals surface area contributed by atoms with Crippen molar-refractivity contribution in [3.05, 3.63) is 32.6 Å². The molecular formula is C10H17N3O2S. The van der Waals surface area contributed by atoms with Crippen LogP contribution >= 0.6 is 11.8 Å². The van der Waals surface area contributed by atoms with Crippen molar-refractivity contribution in [3.8, 4) is 0 Å². The van der Waals surface area contributed by atoms with E-state index in [0.29, 0.717) is 12.2 Å². The van der Waals surface area contributed by atoms with E-state index in [9.17, 15) is 9.59 Å². The molecule has 0 radical (unpaired) electrons. The summed E-state index contributed by atoms with van der Waals surface area (Å²) in [5, 5.41) is 3.19. The fourth-order valence-electron chi connectivity index (χ4n) is 1.34. The third-order valence-electron chi connectivity index (χ3n) is 2.41. The van der Waals surface area contributed by atoms with Crippen LogP contribution in [0.25, 0.3) is 0 Å². The van der Waals surface area contributed by atoms with E-state index in [1.807, 2.05) is 6.26 Å². The van der Waals surface area contributed by atoms with Crippen LogP contribution < -0.4 is 16.6 Å². The lowest BCUT2D eigenvalue weighted by molar-refractivity contribution is 0.613. The highest BCUT2D eigenvalue weighted by molar-refractivity contribution is 7.98. The molecule has 0 amide bonds. The molecule has 1 heterocycles. The van der Waals surface area contributed by atoms with Gasteiger partial charge in [-0.25, -0.2) is 4.79 Å². The maximum absolute atomic E-state index is 11.6. The molecule has 16 heavy (non-hydrogen) atoms. The van der Waals surface area contributed by atoms with E-state index in [4.69, 9.17) is 0 Å². The number of thioether (sulfide) groups is 1. The topological polar surface area (TPSA) is 56.0 Å². The van der Waals surface area contributed by atoms with Crippen LogP contribution in [0.15, 0.2) is 15.7 Å². The van der Waals surface area contributed by atoms with E-state index < -0.39 is 0 Å². The van der Waals surface area contributed by atoms with Crippen molar-refractivity contribution in [2.75, 3.05) is 18.6 Å². The van der Waals surface area contributed by atoms with Gasteiger partial charge in [0.25, 0.3) is 5.56 Å². The van der Waals surface area contributed by atoms with Crippen molar-refractivity contribution in [1.29, 1.82) is 0 Å². The van der Waals surface area contributed by atoms with E-state index in [0.717, 1.165) is 16.9 Å². The molecule has 0 saturated heterocycles. The third-order valence-corrected chi connectivity index (χ3v) is 3.03. The summed E-state index contributed by atoms with van der Waals surface area (Å²) in [5.74, 6) is 1.01. The highest BCUT2D eigenvalue weighted by Gasteiger charge is 2.04. The van der Waals surface area contributed by atoms with Gasteiger partial charge in [0.2, 0.25) is 0 Å². The number of aromatic nitrogens is 2. The summed E-state index contributed by atoms with van der Waals surface area (Å²) in [6.45, 7) is 1.41. The Labute approximate surface area is 98.5 Å². The molecule has 0 aliphatic carbocycles. The normalized spacial score (nSPS) is 10.7. The smallest absolute Gasteiger partial charge is 0.310 e. The molecule has 0 spiro atoms. The van der Waals surface area contributed by atoms with Gasteiger partial charge in [-0.15, -0.1) is 0 Å². The second-order valence-corrected chi connectivity index (χ2v) is 4.53. The molecule has 0 fully saturated rings. The average molecular weight is 243 g/mol. The van der Waals surface area contributed by atoms with Crippen LogP contribution in [-0.2, 0) is 20.6 Å². The molecule has 1 aromatic rings.